The number of fused-ring (bicyclic) bond motifs is 1. The molecule has 0 amide bonds. The Morgan fingerprint density at radius 3 is 2.43 bits per heavy atom. The summed E-state index contributed by atoms with van der Waals surface area (Å²) in [7, 11) is 1.32. The number of hydrogen-bond acceptors (Lipinski definition) is 7. The number of esters is 1. The molecule has 0 radical (unpaired) electrons. The molecule has 23 heavy (non-hydrogen) atoms. The number of carbonyl (C=O) groups excluding carboxylic acids is 1. The van der Waals surface area contributed by atoms with Gasteiger partial charge in [-0.1, -0.05) is 13.8 Å². The van der Waals surface area contributed by atoms with E-state index in [-0.39, 0.29) is 5.92 Å². The van der Waals surface area contributed by atoms with Gasteiger partial charge >= 0.3 is 11.9 Å². The van der Waals surface area contributed by atoms with Gasteiger partial charge in [-0.05, 0) is 25.3 Å². The number of aromatic nitrogens is 2. The molecule has 2 rings (SSSR count). The molecule has 0 saturated carbocycles. The van der Waals surface area contributed by atoms with E-state index in [0.717, 1.165) is 0 Å². The maximum absolute atomic E-state index is 11.9. The summed E-state index contributed by atoms with van der Waals surface area (Å²) in [5, 5.41) is 13.0. The molecule has 0 unspecified atom stereocenters. The van der Waals surface area contributed by atoms with Gasteiger partial charge in [0, 0.05) is 0 Å². The maximum atomic E-state index is 11.9. The molecule has 8 heteroatoms. The monoisotopic (exact) mass is 337 g/mol. The highest BCUT2D eigenvalue weighted by atomic mass is 32.1. The number of methoxy groups -OCH3 is 1. The van der Waals surface area contributed by atoms with Crippen molar-refractivity contribution in [2.75, 3.05) is 12.4 Å². The molecule has 0 fully saturated rings. The molecule has 7 nitrogen and oxygen atoms in total. The SMILES string of the molecule is COC(=O)c1sc2nc(C)nc(N[C@H](C(=O)O)C(C)C)c2c1C. The highest BCUT2D eigenvalue weighted by Crippen LogP contribution is 2.34. The number of nitrogens with one attached hydrogen (secondary N) is 1. The minimum atomic E-state index is -0.953. The van der Waals surface area contributed by atoms with Crippen molar-refractivity contribution in [1.82, 2.24) is 9.97 Å². The summed E-state index contributed by atoms with van der Waals surface area (Å²) in [6.45, 7) is 7.14. The molecule has 0 bridgehead atoms. The number of carbonyl (C=O) groups is 2. The minimum absolute atomic E-state index is 0.128. The van der Waals surface area contributed by atoms with Crippen LogP contribution in [0.4, 0.5) is 5.82 Å². The largest absolute Gasteiger partial charge is 0.480 e. The molecule has 2 aromatic rings. The molecule has 2 N–H and O–H groups in total. The predicted molar refractivity (Wildman–Crippen MR) is 88.1 cm³/mol. The van der Waals surface area contributed by atoms with Gasteiger partial charge in [-0.15, -0.1) is 11.3 Å². The predicted octanol–water partition coefficient (Wildman–Crippen LogP) is 2.62. The van der Waals surface area contributed by atoms with Gasteiger partial charge in [0.25, 0.3) is 0 Å². The Morgan fingerprint density at radius 1 is 1.26 bits per heavy atom. The van der Waals surface area contributed by atoms with Crippen LogP contribution >= 0.6 is 11.3 Å². The van der Waals surface area contributed by atoms with Gasteiger partial charge in [0.1, 0.15) is 27.4 Å². The van der Waals surface area contributed by atoms with Crippen molar-refractivity contribution in [2.24, 2.45) is 5.92 Å². The van der Waals surface area contributed by atoms with Gasteiger partial charge in [0.15, 0.2) is 0 Å². The van der Waals surface area contributed by atoms with Crippen LogP contribution in [0.25, 0.3) is 10.2 Å². The molecule has 0 aliphatic heterocycles. The summed E-state index contributed by atoms with van der Waals surface area (Å²) in [5.74, 6) is -0.585. The minimum Gasteiger partial charge on any atom is -0.480 e. The number of ether oxygens (including phenoxy) is 1. The molecular formula is C15H19N3O4S. The summed E-state index contributed by atoms with van der Waals surface area (Å²) in [4.78, 5) is 33.1. The topological polar surface area (TPSA) is 101 Å². The van der Waals surface area contributed by atoms with Gasteiger partial charge < -0.3 is 15.2 Å². The van der Waals surface area contributed by atoms with Crippen LogP contribution in [-0.4, -0.2) is 40.2 Å². The number of rotatable bonds is 5. The summed E-state index contributed by atoms with van der Waals surface area (Å²) in [6.07, 6.45) is 0. The third-order valence-electron chi connectivity index (χ3n) is 3.50. The number of carboxylic acids is 1. The Balaban J connectivity index is 2.61. The number of aryl methyl sites for hydroxylation is 2. The molecule has 0 spiro atoms. The van der Waals surface area contributed by atoms with Crippen LogP contribution in [0, 0.1) is 19.8 Å². The highest BCUT2D eigenvalue weighted by molar-refractivity contribution is 7.20. The second-order valence-corrected chi connectivity index (χ2v) is 6.55. The number of nitrogens with zero attached hydrogens (tertiary/aromatic N) is 2. The Labute approximate surface area is 137 Å². The van der Waals surface area contributed by atoms with E-state index in [4.69, 9.17) is 4.74 Å². The van der Waals surface area contributed by atoms with Gasteiger partial charge in [-0.3, -0.25) is 0 Å². The van der Waals surface area contributed by atoms with E-state index < -0.39 is 18.0 Å². The molecule has 124 valence electrons. The van der Waals surface area contributed by atoms with Gasteiger partial charge in [-0.25, -0.2) is 19.6 Å². The van der Waals surface area contributed by atoms with Gasteiger partial charge in [0.2, 0.25) is 0 Å². The van der Waals surface area contributed by atoms with E-state index in [0.29, 0.717) is 32.3 Å². The van der Waals surface area contributed by atoms with E-state index in [1.807, 2.05) is 13.8 Å². The average Bonchev–Trinajstić information content (AvgIpc) is 2.79. The third kappa shape index (κ3) is 3.26. The van der Waals surface area contributed by atoms with Crippen molar-refractivity contribution in [1.29, 1.82) is 0 Å². The zero-order valence-corrected chi connectivity index (χ0v) is 14.4. The van der Waals surface area contributed by atoms with Crippen molar-refractivity contribution in [2.45, 2.75) is 33.7 Å². The summed E-state index contributed by atoms with van der Waals surface area (Å²) >= 11 is 1.22. The first-order valence-corrected chi connectivity index (χ1v) is 7.93. The Kier molecular flexibility index (Phi) is 4.84. The van der Waals surface area contributed by atoms with E-state index in [2.05, 4.69) is 15.3 Å². The third-order valence-corrected chi connectivity index (χ3v) is 4.66. The zero-order chi connectivity index (χ0) is 17.3. The summed E-state index contributed by atoms with van der Waals surface area (Å²) < 4.78 is 4.78. The molecular weight excluding hydrogens is 318 g/mol. The number of aliphatic carboxylic acids is 1. The van der Waals surface area contributed by atoms with E-state index in [9.17, 15) is 14.7 Å². The van der Waals surface area contributed by atoms with Crippen LogP contribution in [0.1, 0.15) is 34.9 Å². The highest BCUT2D eigenvalue weighted by Gasteiger charge is 2.25. The van der Waals surface area contributed by atoms with Crippen molar-refractivity contribution in [3.63, 3.8) is 0 Å². The maximum Gasteiger partial charge on any atom is 0.348 e. The first-order valence-electron chi connectivity index (χ1n) is 7.11. The van der Waals surface area contributed by atoms with Crippen molar-refractivity contribution in [3.8, 4) is 0 Å². The first kappa shape index (κ1) is 17.1. The second-order valence-electron chi connectivity index (χ2n) is 5.55. The fourth-order valence-electron chi connectivity index (χ4n) is 2.30. The lowest BCUT2D eigenvalue weighted by Crippen LogP contribution is -2.34. The van der Waals surface area contributed by atoms with Crippen LogP contribution in [0.2, 0.25) is 0 Å². The molecule has 2 heterocycles. The fraction of sp³-hybridized carbons (Fsp3) is 0.467. The Morgan fingerprint density at radius 2 is 1.91 bits per heavy atom. The molecule has 0 aromatic carbocycles. The van der Waals surface area contributed by atoms with Crippen LogP contribution in [0.5, 0.6) is 0 Å². The molecule has 0 aliphatic carbocycles. The summed E-state index contributed by atoms with van der Waals surface area (Å²) in [6, 6.07) is -0.784. The van der Waals surface area contributed by atoms with E-state index in [1.54, 1.807) is 13.8 Å². The standard InChI is InChI=1S/C15H19N3O4S/c1-6(2)10(14(19)20)18-12-9-7(3)11(15(21)22-5)23-13(9)17-8(4)16-12/h6,10H,1-5H3,(H,19,20)(H,16,17,18)/t10-/m0/s1. The zero-order valence-electron chi connectivity index (χ0n) is 13.6. The van der Waals surface area contributed by atoms with Gasteiger partial charge in [-0.2, -0.15) is 0 Å². The van der Waals surface area contributed by atoms with Crippen LogP contribution in [0.15, 0.2) is 0 Å². The van der Waals surface area contributed by atoms with Crippen molar-refractivity contribution >= 4 is 39.3 Å². The quantitative estimate of drug-likeness (QED) is 0.809. The van der Waals surface area contributed by atoms with Crippen LogP contribution < -0.4 is 5.32 Å². The summed E-state index contributed by atoms with van der Waals surface area (Å²) in [5.41, 5.74) is 0.687. The van der Waals surface area contributed by atoms with Gasteiger partial charge in [0.05, 0.1) is 12.5 Å². The lowest BCUT2D eigenvalue weighted by Gasteiger charge is -2.19. The first-order chi connectivity index (χ1) is 10.8. The number of carboxylic acid groups (broad SMARTS) is 1. The van der Waals surface area contributed by atoms with Crippen molar-refractivity contribution in [3.05, 3.63) is 16.3 Å². The van der Waals surface area contributed by atoms with E-state index in [1.165, 1.54) is 18.4 Å². The fourth-order valence-corrected chi connectivity index (χ4v) is 3.44. The number of thiophene rings is 1. The molecule has 0 aliphatic rings. The van der Waals surface area contributed by atoms with Crippen molar-refractivity contribution < 1.29 is 19.4 Å². The Hall–Kier alpha value is -2.22. The molecule has 1 atom stereocenters. The van der Waals surface area contributed by atoms with Crippen LogP contribution in [-0.2, 0) is 9.53 Å². The van der Waals surface area contributed by atoms with Crippen LogP contribution in [0.3, 0.4) is 0 Å². The number of hydrogen-bond donors (Lipinski definition) is 2. The molecule has 0 saturated heterocycles. The second kappa shape index (κ2) is 6.49. The number of anilines is 1. The normalized spacial score (nSPS) is 12.4. The van der Waals surface area contributed by atoms with E-state index >= 15 is 0 Å². The smallest absolute Gasteiger partial charge is 0.348 e. The molecule has 2 aromatic heterocycles. The lowest BCUT2D eigenvalue weighted by molar-refractivity contribution is -0.138. The average molecular weight is 337 g/mol. The Bertz CT molecular complexity index is 770. The lowest BCUT2D eigenvalue weighted by atomic mass is 10.0.